The summed E-state index contributed by atoms with van der Waals surface area (Å²) in [5.41, 5.74) is 1.31. The summed E-state index contributed by atoms with van der Waals surface area (Å²) >= 11 is 0. The van der Waals surface area contributed by atoms with Crippen molar-refractivity contribution in [2.45, 2.75) is 31.7 Å². The van der Waals surface area contributed by atoms with Crippen LogP contribution in [0.5, 0.6) is 0 Å². The quantitative estimate of drug-likeness (QED) is 0.730. The SMILES string of the molecule is O=C1N[C@@H](CCC(=O)N2CCCC2)c2nc3ccccc3c(=O)n2-c2ccccc21. The predicted octanol–water partition coefficient (Wildman–Crippen LogP) is 2.57. The van der Waals surface area contributed by atoms with Crippen molar-refractivity contribution in [3.05, 3.63) is 70.3 Å². The summed E-state index contributed by atoms with van der Waals surface area (Å²) in [7, 11) is 0. The van der Waals surface area contributed by atoms with Crippen LogP contribution in [-0.2, 0) is 4.79 Å². The van der Waals surface area contributed by atoms with Gasteiger partial charge in [0, 0.05) is 19.5 Å². The molecule has 30 heavy (non-hydrogen) atoms. The lowest BCUT2D eigenvalue weighted by molar-refractivity contribution is -0.130. The van der Waals surface area contributed by atoms with Crippen LogP contribution < -0.4 is 10.9 Å². The molecule has 0 radical (unpaired) electrons. The third-order valence-corrected chi connectivity index (χ3v) is 5.91. The van der Waals surface area contributed by atoms with Crippen LogP contribution in [0.2, 0.25) is 0 Å². The predicted molar refractivity (Wildman–Crippen MR) is 113 cm³/mol. The zero-order valence-corrected chi connectivity index (χ0v) is 16.5. The standard InChI is InChI=1S/C23H22N4O3/c28-20(26-13-5-6-14-26)12-11-18-21-24-17-9-3-1-7-15(17)23(30)27(21)19-10-4-2-8-16(19)22(29)25-18/h1-4,7-10,18H,5-6,11-14H2,(H,25,29)/t18-/m0/s1. The van der Waals surface area contributed by atoms with Crippen LogP contribution in [0.4, 0.5) is 0 Å². The van der Waals surface area contributed by atoms with Crippen molar-refractivity contribution >= 4 is 22.7 Å². The Hall–Kier alpha value is -3.48. The molecule has 2 aliphatic rings. The molecule has 0 bridgehead atoms. The van der Waals surface area contributed by atoms with Gasteiger partial charge in [0.25, 0.3) is 11.5 Å². The van der Waals surface area contributed by atoms with Gasteiger partial charge in [-0.15, -0.1) is 0 Å². The van der Waals surface area contributed by atoms with Gasteiger partial charge in [-0.05, 0) is 43.5 Å². The Bertz CT molecular complexity index is 1210. The molecule has 1 fully saturated rings. The van der Waals surface area contributed by atoms with Gasteiger partial charge in [0.15, 0.2) is 0 Å². The van der Waals surface area contributed by atoms with Crippen LogP contribution >= 0.6 is 0 Å². The van der Waals surface area contributed by atoms with Crippen molar-refractivity contribution in [1.82, 2.24) is 19.8 Å². The van der Waals surface area contributed by atoms with Crippen molar-refractivity contribution in [3.8, 4) is 5.69 Å². The number of carbonyl (C=O) groups is 2. The van der Waals surface area contributed by atoms with E-state index < -0.39 is 6.04 Å². The number of para-hydroxylation sites is 2. The number of amides is 2. The van der Waals surface area contributed by atoms with E-state index in [0.717, 1.165) is 25.9 Å². The molecule has 3 heterocycles. The van der Waals surface area contributed by atoms with Gasteiger partial charge in [0.05, 0.1) is 28.2 Å². The average Bonchev–Trinajstić information content (AvgIpc) is 3.28. The third-order valence-electron chi connectivity index (χ3n) is 5.91. The molecule has 1 N–H and O–H groups in total. The van der Waals surface area contributed by atoms with Crippen LogP contribution in [-0.4, -0.2) is 39.4 Å². The molecule has 0 spiro atoms. The lowest BCUT2D eigenvalue weighted by atomic mass is 10.1. The molecular formula is C23H22N4O3. The fraction of sp³-hybridized carbons (Fsp3) is 0.304. The molecule has 7 nitrogen and oxygen atoms in total. The zero-order chi connectivity index (χ0) is 20.7. The summed E-state index contributed by atoms with van der Waals surface area (Å²) in [6.07, 6.45) is 2.75. The van der Waals surface area contributed by atoms with Gasteiger partial charge in [0.1, 0.15) is 5.82 Å². The molecular weight excluding hydrogens is 380 g/mol. The molecule has 2 amide bonds. The lowest BCUT2D eigenvalue weighted by Gasteiger charge is -2.21. The van der Waals surface area contributed by atoms with Crippen molar-refractivity contribution in [1.29, 1.82) is 0 Å². The van der Waals surface area contributed by atoms with Crippen molar-refractivity contribution in [2.75, 3.05) is 13.1 Å². The Morgan fingerprint density at radius 1 is 1.03 bits per heavy atom. The van der Waals surface area contributed by atoms with E-state index in [1.54, 1.807) is 42.5 Å². The molecule has 5 rings (SSSR count). The average molecular weight is 402 g/mol. The minimum atomic E-state index is -0.534. The summed E-state index contributed by atoms with van der Waals surface area (Å²) in [4.78, 5) is 45.5. The molecule has 0 unspecified atom stereocenters. The normalized spacial score (nSPS) is 17.9. The molecule has 1 aromatic heterocycles. The fourth-order valence-corrected chi connectivity index (χ4v) is 4.37. The van der Waals surface area contributed by atoms with E-state index in [1.807, 2.05) is 11.0 Å². The van der Waals surface area contributed by atoms with Gasteiger partial charge in [0.2, 0.25) is 5.91 Å². The van der Waals surface area contributed by atoms with Gasteiger partial charge in [-0.2, -0.15) is 0 Å². The van der Waals surface area contributed by atoms with E-state index in [4.69, 9.17) is 4.98 Å². The first-order chi connectivity index (χ1) is 14.6. The zero-order valence-electron chi connectivity index (χ0n) is 16.5. The maximum atomic E-state index is 13.4. The van der Waals surface area contributed by atoms with E-state index >= 15 is 0 Å². The van der Waals surface area contributed by atoms with Gasteiger partial charge in [-0.1, -0.05) is 24.3 Å². The highest BCUT2D eigenvalue weighted by Gasteiger charge is 2.30. The molecule has 7 heteroatoms. The Morgan fingerprint density at radius 2 is 1.77 bits per heavy atom. The van der Waals surface area contributed by atoms with Crippen LogP contribution in [0, 0.1) is 0 Å². The summed E-state index contributed by atoms with van der Waals surface area (Å²) in [5.74, 6) is 0.280. The highest BCUT2D eigenvalue weighted by Crippen LogP contribution is 2.27. The minimum absolute atomic E-state index is 0.0817. The summed E-state index contributed by atoms with van der Waals surface area (Å²) in [6, 6.07) is 13.7. The number of aromatic nitrogens is 2. The van der Waals surface area contributed by atoms with E-state index in [-0.39, 0.29) is 17.4 Å². The number of nitrogens with one attached hydrogen (secondary N) is 1. The molecule has 3 aromatic rings. The van der Waals surface area contributed by atoms with E-state index in [9.17, 15) is 14.4 Å². The Kier molecular flexibility index (Phi) is 4.58. The number of hydrogen-bond donors (Lipinski definition) is 1. The monoisotopic (exact) mass is 402 g/mol. The van der Waals surface area contributed by atoms with Crippen LogP contribution in [0.25, 0.3) is 16.6 Å². The number of hydrogen-bond acceptors (Lipinski definition) is 4. The Morgan fingerprint density at radius 3 is 2.60 bits per heavy atom. The molecule has 1 atom stereocenters. The molecule has 2 aromatic carbocycles. The van der Waals surface area contributed by atoms with Crippen molar-refractivity contribution in [3.63, 3.8) is 0 Å². The van der Waals surface area contributed by atoms with Crippen LogP contribution in [0.3, 0.4) is 0 Å². The number of nitrogens with zero attached hydrogens (tertiary/aromatic N) is 3. The maximum Gasteiger partial charge on any atom is 0.266 e. The molecule has 1 saturated heterocycles. The largest absolute Gasteiger partial charge is 0.343 e. The number of likely N-dealkylation sites (tertiary alicyclic amines) is 1. The topological polar surface area (TPSA) is 84.3 Å². The highest BCUT2D eigenvalue weighted by atomic mass is 16.2. The molecule has 2 aliphatic heterocycles. The molecule has 0 aliphatic carbocycles. The van der Waals surface area contributed by atoms with E-state index in [1.165, 1.54) is 4.57 Å². The van der Waals surface area contributed by atoms with Crippen LogP contribution in [0.15, 0.2) is 53.3 Å². The molecule has 0 saturated carbocycles. The first-order valence-electron chi connectivity index (χ1n) is 10.3. The highest BCUT2D eigenvalue weighted by molar-refractivity contribution is 5.98. The fourth-order valence-electron chi connectivity index (χ4n) is 4.37. The second kappa shape index (κ2) is 7.40. The van der Waals surface area contributed by atoms with Crippen molar-refractivity contribution < 1.29 is 9.59 Å². The Labute approximate surface area is 173 Å². The summed E-state index contributed by atoms with van der Waals surface area (Å²) in [6.45, 7) is 1.58. The Balaban J connectivity index is 1.61. The first kappa shape index (κ1) is 18.5. The van der Waals surface area contributed by atoms with Crippen LogP contribution in [0.1, 0.15) is 47.9 Å². The van der Waals surface area contributed by atoms with Gasteiger partial charge in [-0.3, -0.25) is 19.0 Å². The maximum absolute atomic E-state index is 13.4. The number of fused-ring (bicyclic) bond motifs is 4. The van der Waals surface area contributed by atoms with E-state index in [2.05, 4.69) is 5.32 Å². The molecule has 152 valence electrons. The van der Waals surface area contributed by atoms with Gasteiger partial charge < -0.3 is 10.2 Å². The second-order valence-electron chi connectivity index (χ2n) is 7.80. The van der Waals surface area contributed by atoms with Gasteiger partial charge >= 0.3 is 0 Å². The first-order valence-corrected chi connectivity index (χ1v) is 10.3. The van der Waals surface area contributed by atoms with Gasteiger partial charge in [-0.25, -0.2) is 4.98 Å². The van der Waals surface area contributed by atoms with Crippen molar-refractivity contribution in [2.24, 2.45) is 0 Å². The number of carbonyl (C=O) groups excluding carboxylic acids is 2. The summed E-state index contributed by atoms with van der Waals surface area (Å²) in [5, 5.41) is 3.49. The minimum Gasteiger partial charge on any atom is -0.343 e. The smallest absolute Gasteiger partial charge is 0.266 e. The number of rotatable bonds is 3. The van der Waals surface area contributed by atoms with E-state index in [0.29, 0.717) is 40.8 Å². The second-order valence-corrected chi connectivity index (χ2v) is 7.80. The third kappa shape index (κ3) is 3.07. The summed E-state index contributed by atoms with van der Waals surface area (Å²) < 4.78 is 1.53. The lowest BCUT2D eigenvalue weighted by Crippen LogP contribution is -2.33. The number of benzene rings is 2.